The lowest BCUT2D eigenvalue weighted by Crippen LogP contribution is -2.84. The fourth-order valence-electron chi connectivity index (χ4n) is 2.15. The van der Waals surface area contributed by atoms with Gasteiger partial charge in [-0.05, 0) is 11.6 Å². The topological polar surface area (TPSA) is 36.1 Å². The Morgan fingerprint density at radius 1 is 0.778 bits per heavy atom. The molecule has 0 bridgehead atoms. The molecule has 0 aliphatic carbocycles. The van der Waals surface area contributed by atoms with Crippen LogP contribution in [0, 0.1) is 0 Å². The molecular formula is C12H35N3Si3. The zero-order valence-corrected chi connectivity index (χ0v) is 17.2. The van der Waals surface area contributed by atoms with Gasteiger partial charge in [0.25, 0.3) is 8.56 Å². The van der Waals surface area contributed by atoms with Gasteiger partial charge in [-0.1, -0.05) is 67.0 Å². The zero-order valence-electron chi connectivity index (χ0n) is 14.2. The molecule has 0 spiro atoms. The van der Waals surface area contributed by atoms with Gasteiger partial charge in [-0.2, -0.15) is 0 Å². The van der Waals surface area contributed by atoms with Crippen LogP contribution in [0.15, 0.2) is 0 Å². The predicted octanol–water partition coefficient (Wildman–Crippen LogP) is 3.18. The summed E-state index contributed by atoms with van der Waals surface area (Å²) in [6, 6.07) is 0. The number of nitrogens with one attached hydrogen (secondary N) is 3. The van der Waals surface area contributed by atoms with Crippen LogP contribution in [-0.2, 0) is 0 Å². The summed E-state index contributed by atoms with van der Waals surface area (Å²) >= 11 is 0. The minimum atomic E-state index is -1.89. The molecule has 3 nitrogen and oxygen atoms in total. The van der Waals surface area contributed by atoms with E-state index in [0.717, 1.165) is 6.54 Å². The SMILES string of the molecule is CCN[Si](N[Si](C)(C)C)(N[Si](C)(C)C)C(C)(C)C. The van der Waals surface area contributed by atoms with Gasteiger partial charge in [0.15, 0.2) is 0 Å². The van der Waals surface area contributed by atoms with Crippen molar-refractivity contribution in [3.8, 4) is 0 Å². The molecule has 110 valence electrons. The van der Waals surface area contributed by atoms with Gasteiger partial charge in [0.2, 0.25) is 0 Å². The summed E-state index contributed by atoms with van der Waals surface area (Å²) in [5, 5.41) is 0.254. The largest absolute Gasteiger partial charge is 0.335 e. The van der Waals surface area contributed by atoms with Crippen molar-refractivity contribution in [1.29, 1.82) is 0 Å². The average Bonchev–Trinajstić information content (AvgIpc) is 1.94. The first-order valence-electron chi connectivity index (χ1n) is 7.06. The molecule has 0 rings (SSSR count). The molecule has 0 aromatic carbocycles. The minimum Gasteiger partial charge on any atom is -0.335 e. The number of rotatable bonds is 6. The smallest absolute Gasteiger partial charge is 0.273 e. The summed E-state index contributed by atoms with van der Waals surface area (Å²) in [5.41, 5.74) is 0. The third kappa shape index (κ3) is 6.12. The van der Waals surface area contributed by atoms with E-state index >= 15 is 0 Å². The maximum absolute atomic E-state index is 4.06. The Hall–Kier alpha value is 0.531. The zero-order chi connectivity index (χ0) is 14.8. The maximum atomic E-state index is 4.06. The number of hydrogen-bond donors (Lipinski definition) is 3. The van der Waals surface area contributed by atoms with Gasteiger partial charge in [-0.15, -0.1) is 0 Å². The number of hydrogen-bond acceptors (Lipinski definition) is 3. The molecule has 0 radical (unpaired) electrons. The van der Waals surface area contributed by atoms with Gasteiger partial charge >= 0.3 is 0 Å². The van der Waals surface area contributed by atoms with Crippen LogP contribution in [-0.4, -0.2) is 31.6 Å². The molecule has 3 N–H and O–H groups in total. The van der Waals surface area contributed by atoms with Crippen molar-refractivity contribution >= 4 is 25.0 Å². The van der Waals surface area contributed by atoms with Gasteiger partial charge in [0, 0.05) is 0 Å². The van der Waals surface area contributed by atoms with E-state index in [4.69, 9.17) is 0 Å². The normalized spacial score (nSPS) is 15.0. The van der Waals surface area contributed by atoms with Gasteiger partial charge in [-0.25, -0.2) is 0 Å². The van der Waals surface area contributed by atoms with Crippen LogP contribution < -0.4 is 14.3 Å². The van der Waals surface area contributed by atoms with Crippen LogP contribution in [0.25, 0.3) is 0 Å². The third-order valence-electron chi connectivity index (χ3n) is 2.69. The van der Waals surface area contributed by atoms with E-state index in [9.17, 15) is 0 Å². The summed E-state index contributed by atoms with van der Waals surface area (Å²) in [5.74, 6) is 0. The third-order valence-corrected chi connectivity index (χ3v) is 14.8. The van der Waals surface area contributed by atoms with Gasteiger partial charge < -0.3 is 14.3 Å². The first kappa shape index (κ1) is 18.5. The first-order chi connectivity index (χ1) is 7.72. The molecule has 0 aromatic rings. The Bertz CT molecular complexity index is 245. The molecule has 0 fully saturated rings. The predicted molar refractivity (Wildman–Crippen MR) is 92.1 cm³/mol. The molecule has 6 heteroatoms. The lowest BCUT2D eigenvalue weighted by Gasteiger charge is -2.50. The van der Waals surface area contributed by atoms with Crippen LogP contribution in [0.3, 0.4) is 0 Å². The molecule has 0 heterocycles. The summed E-state index contributed by atoms with van der Waals surface area (Å²) in [6.07, 6.45) is 0. The Labute approximate surface area is 118 Å². The molecule has 0 aliphatic rings. The van der Waals surface area contributed by atoms with E-state index in [1.807, 2.05) is 0 Å². The van der Waals surface area contributed by atoms with Crippen molar-refractivity contribution in [2.45, 2.75) is 72.0 Å². The van der Waals surface area contributed by atoms with E-state index in [1.54, 1.807) is 0 Å². The second kappa shape index (κ2) is 5.89. The van der Waals surface area contributed by atoms with Crippen molar-refractivity contribution in [3.63, 3.8) is 0 Å². The fourth-order valence-corrected chi connectivity index (χ4v) is 16.7. The van der Waals surface area contributed by atoms with Crippen LogP contribution >= 0.6 is 0 Å². The molecule has 0 unspecified atom stereocenters. The molecule has 0 saturated carbocycles. The lowest BCUT2D eigenvalue weighted by molar-refractivity contribution is 0.652. The van der Waals surface area contributed by atoms with E-state index in [-0.39, 0.29) is 5.04 Å². The summed E-state index contributed by atoms with van der Waals surface area (Å²) in [4.78, 5) is 3.84. The highest BCUT2D eigenvalue weighted by atomic mass is 28.4. The molecule has 0 saturated heterocycles. The highest BCUT2D eigenvalue weighted by Gasteiger charge is 2.49. The van der Waals surface area contributed by atoms with Gasteiger partial charge in [0.1, 0.15) is 16.5 Å². The summed E-state index contributed by atoms with van der Waals surface area (Å²) in [6.45, 7) is 24.7. The Morgan fingerprint density at radius 3 is 1.28 bits per heavy atom. The quantitative estimate of drug-likeness (QED) is 0.660. The average molecular weight is 306 g/mol. The van der Waals surface area contributed by atoms with E-state index in [2.05, 4.69) is 81.3 Å². The minimum absolute atomic E-state index is 0.254. The molecule has 18 heavy (non-hydrogen) atoms. The van der Waals surface area contributed by atoms with Crippen molar-refractivity contribution < 1.29 is 0 Å². The van der Waals surface area contributed by atoms with Crippen molar-refractivity contribution in [2.24, 2.45) is 0 Å². The van der Waals surface area contributed by atoms with Crippen LogP contribution in [0.5, 0.6) is 0 Å². The molecule has 0 atom stereocenters. The second-order valence-corrected chi connectivity index (χ2v) is 22.6. The van der Waals surface area contributed by atoms with Crippen LogP contribution in [0.2, 0.25) is 44.3 Å². The first-order valence-corrected chi connectivity index (χ1v) is 16.1. The van der Waals surface area contributed by atoms with Crippen molar-refractivity contribution in [2.75, 3.05) is 6.54 Å². The highest BCUT2D eigenvalue weighted by Crippen LogP contribution is 2.32. The molecule has 0 aromatic heterocycles. The van der Waals surface area contributed by atoms with Crippen LogP contribution in [0.4, 0.5) is 0 Å². The van der Waals surface area contributed by atoms with E-state index in [0.29, 0.717) is 0 Å². The van der Waals surface area contributed by atoms with E-state index in [1.165, 1.54) is 0 Å². The van der Waals surface area contributed by atoms with Gasteiger partial charge in [0.05, 0.1) is 0 Å². The summed E-state index contributed by atoms with van der Waals surface area (Å²) in [7, 11) is -4.56. The highest BCUT2D eigenvalue weighted by molar-refractivity contribution is 6.97. The summed E-state index contributed by atoms with van der Waals surface area (Å²) < 4.78 is 8.11. The molecule has 0 amide bonds. The van der Waals surface area contributed by atoms with Crippen LogP contribution in [0.1, 0.15) is 27.7 Å². The Balaban J connectivity index is 5.44. The standard InChI is InChI=1S/C12H35N3Si3/c1-11-13-18(12(2,3)4,14-16(5,6)7)15-17(8,9)10/h13-15H,11H2,1-10H3. The Morgan fingerprint density at radius 2 is 1.11 bits per heavy atom. The van der Waals surface area contributed by atoms with Gasteiger partial charge in [-0.3, -0.25) is 0 Å². The monoisotopic (exact) mass is 305 g/mol. The fraction of sp³-hybridized carbons (Fsp3) is 1.00. The molecular weight excluding hydrogens is 270 g/mol. The Kier molecular flexibility index (Phi) is 6.06. The van der Waals surface area contributed by atoms with E-state index < -0.39 is 25.0 Å². The second-order valence-electron chi connectivity index (χ2n) is 8.28. The molecule has 0 aliphatic heterocycles. The van der Waals surface area contributed by atoms with Crippen molar-refractivity contribution in [1.82, 2.24) is 14.3 Å². The maximum Gasteiger partial charge on any atom is 0.273 e. The van der Waals surface area contributed by atoms with Crippen molar-refractivity contribution in [3.05, 3.63) is 0 Å². The lowest BCUT2D eigenvalue weighted by atomic mass is 10.3.